The third-order valence-electron chi connectivity index (χ3n) is 2.65. The molecule has 1 aromatic carbocycles. The van der Waals surface area contributed by atoms with Crippen molar-refractivity contribution in [2.75, 3.05) is 25.6 Å². The highest BCUT2D eigenvalue weighted by Crippen LogP contribution is 2.32. The van der Waals surface area contributed by atoms with Gasteiger partial charge in [0.2, 0.25) is 10.0 Å². The van der Waals surface area contributed by atoms with Gasteiger partial charge in [0.05, 0.1) is 5.02 Å². The summed E-state index contributed by atoms with van der Waals surface area (Å²) in [5.74, 6) is 0.713. The van der Waals surface area contributed by atoms with Crippen molar-refractivity contribution < 1.29 is 8.42 Å². The van der Waals surface area contributed by atoms with Gasteiger partial charge in [-0.05, 0) is 18.4 Å². The number of halogens is 2. The molecule has 0 amide bonds. The van der Waals surface area contributed by atoms with E-state index in [4.69, 9.17) is 28.9 Å². The fraction of sp³-hybridized carbons (Fsp3) is 0.455. The minimum Gasteiger partial charge on any atom is -0.326 e. The van der Waals surface area contributed by atoms with Crippen molar-refractivity contribution in [3.63, 3.8) is 0 Å². The first-order valence-electron chi connectivity index (χ1n) is 5.48. The topological polar surface area (TPSA) is 63.4 Å². The Morgan fingerprint density at radius 1 is 1.37 bits per heavy atom. The largest absolute Gasteiger partial charge is 0.326 e. The summed E-state index contributed by atoms with van der Waals surface area (Å²) in [6.45, 7) is 0.510. The molecule has 0 aromatic heterocycles. The average Bonchev–Trinajstić information content (AvgIpc) is 2.36. The summed E-state index contributed by atoms with van der Waals surface area (Å²) in [6, 6.07) is 2.92. The van der Waals surface area contributed by atoms with Gasteiger partial charge < -0.3 is 5.73 Å². The molecule has 0 saturated heterocycles. The maximum Gasteiger partial charge on any atom is 0.244 e. The molecule has 0 fully saturated rings. The lowest BCUT2D eigenvalue weighted by atomic mass is 10.2. The number of rotatable bonds is 6. The Morgan fingerprint density at radius 3 is 2.53 bits per heavy atom. The van der Waals surface area contributed by atoms with Crippen molar-refractivity contribution in [3.05, 3.63) is 27.7 Å². The molecule has 4 nitrogen and oxygen atoms in total. The van der Waals surface area contributed by atoms with Crippen LogP contribution in [0.1, 0.15) is 5.56 Å². The zero-order chi connectivity index (χ0) is 14.6. The van der Waals surface area contributed by atoms with E-state index in [1.807, 2.05) is 6.26 Å². The first-order valence-corrected chi connectivity index (χ1v) is 9.07. The standard InChI is InChI=1S/C11H16Cl2N2O2S2/c1-15(5-6-18-2)19(16,17)10-4-3-9(12)8(7-14)11(10)13/h3-4H,5-7,14H2,1-2H3. The Bertz CT molecular complexity index is 550. The molecular weight excluding hydrogens is 327 g/mol. The molecule has 0 radical (unpaired) electrons. The second-order valence-electron chi connectivity index (χ2n) is 3.86. The van der Waals surface area contributed by atoms with E-state index in [-0.39, 0.29) is 16.5 Å². The van der Waals surface area contributed by atoms with Crippen LogP contribution in [0.3, 0.4) is 0 Å². The van der Waals surface area contributed by atoms with Crippen molar-refractivity contribution >= 4 is 45.0 Å². The first kappa shape index (κ1) is 17.1. The van der Waals surface area contributed by atoms with Crippen LogP contribution >= 0.6 is 35.0 Å². The number of benzene rings is 1. The number of thioether (sulfide) groups is 1. The predicted molar refractivity (Wildman–Crippen MR) is 82.6 cm³/mol. The summed E-state index contributed by atoms with van der Waals surface area (Å²) >= 11 is 13.6. The zero-order valence-electron chi connectivity index (χ0n) is 10.7. The molecule has 2 N–H and O–H groups in total. The van der Waals surface area contributed by atoms with E-state index in [2.05, 4.69) is 0 Å². The van der Waals surface area contributed by atoms with Gasteiger partial charge in [-0.2, -0.15) is 11.8 Å². The molecule has 0 heterocycles. The second-order valence-corrected chi connectivity index (χ2v) is 7.65. The number of sulfonamides is 1. The van der Waals surface area contributed by atoms with E-state index >= 15 is 0 Å². The van der Waals surface area contributed by atoms with Crippen molar-refractivity contribution in [3.8, 4) is 0 Å². The monoisotopic (exact) mass is 342 g/mol. The van der Waals surface area contributed by atoms with Crippen LogP contribution in [0.15, 0.2) is 17.0 Å². The van der Waals surface area contributed by atoms with E-state index in [0.717, 1.165) is 0 Å². The number of hydrogen-bond acceptors (Lipinski definition) is 4. The molecule has 0 saturated carbocycles. The summed E-state index contributed by atoms with van der Waals surface area (Å²) in [5, 5.41) is 0.476. The van der Waals surface area contributed by atoms with Gasteiger partial charge >= 0.3 is 0 Å². The lowest BCUT2D eigenvalue weighted by Crippen LogP contribution is -2.29. The molecule has 0 spiro atoms. The highest BCUT2D eigenvalue weighted by Gasteiger charge is 2.25. The van der Waals surface area contributed by atoms with Crippen LogP contribution in [0.2, 0.25) is 10.0 Å². The molecule has 19 heavy (non-hydrogen) atoms. The van der Waals surface area contributed by atoms with Gasteiger partial charge in [0.1, 0.15) is 4.90 Å². The number of nitrogens with zero attached hydrogens (tertiary/aromatic N) is 1. The predicted octanol–water partition coefficient (Wildman–Crippen LogP) is 2.44. The van der Waals surface area contributed by atoms with Gasteiger partial charge in [-0.1, -0.05) is 23.2 Å². The molecule has 0 aliphatic heterocycles. The molecule has 8 heteroatoms. The fourth-order valence-electron chi connectivity index (χ4n) is 1.47. The smallest absolute Gasteiger partial charge is 0.244 e. The maximum absolute atomic E-state index is 12.4. The molecule has 1 rings (SSSR count). The second kappa shape index (κ2) is 7.15. The van der Waals surface area contributed by atoms with Crippen LogP contribution in [-0.2, 0) is 16.6 Å². The Morgan fingerprint density at radius 2 is 2.00 bits per heavy atom. The van der Waals surface area contributed by atoms with Crippen LogP contribution in [0.25, 0.3) is 0 Å². The highest BCUT2D eigenvalue weighted by atomic mass is 35.5. The molecule has 1 aromatic rings. The zero-order valence-corrected chi connectivity index (χ0v) is 13.8. The molecular formula is C11H16Cl2N2O2S2. The first-order chi connectivity index (χ1) is 8.86. The van der Waals surface area contributed by atoms with Crippen LogP contribution in [-0.4, -0.2) is 38.3 Å². The summed E-state index contributed by atoms with van der Waals surface area (Å²) in [7, 11) is -2.09. The Hall–Kier alpha value is 0.0200. The number of hydrogen-bond donors (Lipinski definition) is 1. The van der Waals surface area contributed by atoms with Crippen molar-refractivity contribution in [2.24, 2.45) is 5.73 Å². The molecule has 0 bridgehead atoms. The van der Waals surface area contributed by atoms with E-state index < -0.39 is 10.0 Å². The Balaban J connectivity index is 3.22. The summed E-state index contributed by atoms with van der Waals surface area (Å²) in [6.07, 6.45) is 1.92. The molecule has 108 valence electrons. The van der Waals surface area contributed by atoms with Gasteiger partial charge in [-0.15, -0.1) is 0 Å². The summed E-state index contributed by atoms with van der Waals surface area (Å²) < 4.78 is 26.0. The summed E-state index contributed by atoms with van der Waals surface area (Å²) in [5.41, 5.74) is 5.99. The van der Waals surface area contributed by atoms with E-state index in [9.17, 15) is 8.42 Å². The van der Waals surface area contributed by atoms with Crippen LogP contribution in [0, 0.1) is 0 Å². The van der Waals surface area contributed by atoms with Crippen molar-refractivity contribution in [2.45, 2.75) is 11.4 Å². The average molecular weight is 343 g/mol. The van der Waals surface area contributed by atoms with Crippen LogP contribution in [0.5, 0.6) is 0 Å². The highest BCUT2D eigenvalue weighted by molar-refractivity contribution is 7.98. The Labute approximate surface area is 128 Å². The summed E-state index contributed by atoms with van der Waals surface area (Å²) in [4.78, 5) is 0.0441. The van der Waals surface area contributed by atoms with Gasteiger partial charge in [-0.25, -0.2) is 12.7 Å². The fourth-order valence-corrected chi connectivity index (χ4v) is 4.12. The van der Waals surface area contributed by atoms with Gasteiger partial charge in [-0.3, -0.25) is 0 Å². The lowest BCUT2D eigenvalue weighted by molar-refractivity contribution is 0.488. The van der Waals surface area contributed by atoms with Crippen molar-refractivity contribution in [1.29, 1.82) is 0 Å². The molecule has 0 unspecified atom stereocenters. The van der Waals surface area contributed by atoms with Gasteiger partial charge in [0.25, 0.3) is 0 Å². The third kappa shape index (κ3) is 3.77. The third-order valence-corrected chi connectivity index (χ3v) is 6.04. The van der Waals surface area contributed by atoms with Crippen LogP contribution in [0.4, 0.5) is 0 Å². The molecule has 0 atom stereocenters. The van der Waals surface area contributed by atoms with E-state index in [1.165, 1.54) is 23.5 Å². The van der Waals surface area contributed by atoms with Gasteiger partial charge in [0, 0.05) is 36.5 Å². The van der Waals surface area contributed by atoms with Crippen molar-refractivity contribution in [1.82, 2.24) is 4.31 Å². The molecule has 0 aliphatic carbocycles. The normalized spacial score (nSPS) is 12.1. The van der Waals surface area contributed by atoms with Gasteiger partial charge in [0.15, 0.2) is 0 Å². The van der Waals surface area contributed by atoms with E-state index in [1.54, 1.807) is 11.8 Å². The maximum atomic E-state index is 12.4. The lowest BCUT2D eigenvalue weighted by Gasteiger charge is -2.18. The Kier molecular flexibility index (Phi) is 6.42. The molecule has 0 aliphatic rings. The quantitative estimate of drug-likeness (QED) is 0.862. The van der Waals surface area contributed by atoms with E-state index in [0.29, 0.717) is 22.9 Å². The minimum absolute atomic E-state index is 0.0441. The number of nitrogens with two attached hydrogens (primary N) is 1. The van der Waals surface area contributed by atoms with Crippen LogP contribution < -0.4 is 5.73 Å². The minimum atomic E-state index is -3.62. The SMILES string of the molecule is CSCCN(C)S(=O)(=O)c1ccc(Cl)c(CN)c1Cl.